The van der Waals surface area contributed by atoms with Crippen molar-refractivity contribution in [3.8, 4) is 11.4 Å². The number of rotatable bonds is 3. The molecule has 0 saturated heterocycles. The summed E-state index contributed by atoms with van der Waals surface area (Å²) in [5.41, 5.74) is 7.87. The molecule has 0 amide bonds. The van der Waals surface area contributed by atoms with E-state index in [0.717, 1.165) is 17.1 Å². The molecular formula is C19H30ClN3OSi. The van der Waals surface area contributed by atoms with Crippen LogP contribution in [0.5, 0.6) is 5.75 Å². The highest BCUT2D eigenvalue weighted by atomic mass is 35.5. The smallest absolute Gasteiger partial charge is 0.250 e. The Morgan fingerprint density at radius 2 is 1.68 bits per heavy atom. The Balaban J connectivity index is 2.36. The molecule has 138 valence electrons. The molecule has 0 spiro atoms. The molecule has 1 aromatic heterocycles. The van der Waals surface area contributed by atoms with Gasteiger partial charge in [-0.15, -0.1) is 0 Å². The maximum absolute atomic E-state index is 6.50. The van der Waals surface area contributed by atoms with Crippen molar-refractivity contribution in [3.05, 3.63) is 35.0 Å². The predicted octanol–water partition coefficient (Wildman–Crippen LogP) is 5.79. The Morgan fingerprint density at radius 1 is 1.08 bits per heavy atom. The first-order valence-electron chi connectivity index (χ1n) is 8.57. The van der Waals surface area contributed by atoms with E-state index in [0.29, 0.717) is 10.8 Å². The van der Waals surface area contributed by atoms with E-state index in [1.165, 1.54) is 0 Å². The van der Waals surface area contributed by atoms with Crippen LogP contribution in [-0.2, 0) is 5.41 Å². The molecule has 1 heterocycles. The van der Waals surface area contributed by atoms with Crippen molar-refractivity contribution >= 4 is 25.7 Å². The average molecular weight is 380 g/mol. The predicted molar refractivity (Wildman–Crippen MR) is 110 cm³/mol. The molecule has 2 rings (SSSR count). The quantitative estimate of drug-likeness (QED) is 0.686. The highest BCUT2D eigenvalue weighted by Crippen LogP contribution is 2.39. The second-order valence-electron chi connectivity index (χ2n) is 9.09. The highest BCUT2D eigenvalue weighted by Gasteiger charge is 2.39. The Hall–Kier alpha value is -1.46. The number of aromatic nitrogens is 2. The molecule has 0 bridgehead atoms. The molecule has 0 unspecified atom stereocenters. The van der Waals surface area contributed by atoms with Gasteiger partial charge < -0.3 is 10.2 Å². The van der Waals surface area contributed by atoms with Crippen molar-refractivity contribution in [1.29, 1.82) is 0 Å². The van der Waals surface area contributed by atoms with Crippen LogP contribution in [0.25, 0.3) is 5.69 Å². The van der Waals surface area contributed by atoms with Crippen LogP contribution in [0.2, 0.25) is 23.2 Å². The van der Waals surface area contributed by atoms with Crippen molar-refractivity contribution < 1.29 is 4.43 Å². The first-order chi connectivity index (χ1) is 11.2. The molecule has 25 heavy (non-hydrogen) atoms. The van der Waals surface area contributed by atoms with Crippen LogP contribution in [0.3, 0.4) is 0 Å². The van der Waals surface area contributed by atoms with Crippen LogP contribution in [0.1, 0.15) is 47.2 Å². The first-order valence-corrected chi connectivity index (χ1v) is 11.9. The zero-order valence-corrected chi connectivity index (χ0v) is 18.3. The zero-order chi connectivity index (χ0) is 19.2. The van der Waals surface area contributed by atoms with E-state index < -0.39 is 8.32 Å². The van der Waals surface area contributed by atoms with Crippen LogP contribution in [-0.4, -0.2) is 18.1 Å². The molecule has 0 atom stereocenters. The van der Waals surface area contributed by atoms with Crippen molar-refractivity contribution in [2.24, 2.45) is 0 Å². The van der Waals surface area contributed by atoms with Gasteiger partial charge in [0, 0.05) is 11.5 Å². The summed E-state index contributed by atoms with van der Waals surface area (Å²) >= 11 is 6.50. The van der Waals surface area contributed by atoms with Crippen molar-refractivity contribution in [1.82, 2.24) is 9.78 Å². The number of nitrogens with zero attached hydrogens (tertiary/aromatic N) is 2. The van der Waals surface area contributed by atoms with Gasteiger partial charge in [0.1, 0.15) is 11.6 Å². The third kappa shape index (κ3) is 4.21. The Bertz CT molecular complexity index is 770. The van der Waals surface area contributed by atoms with Gasteiger partial charge in [-0.2, -0.15) is 5.10 Å². The van der Waals surface area contributed by atoms with Crippen LogP contribution >= 0.6 is 11.6 Å². The summed E-state index contributed by atoms with van der Waals surface area (Å²) in [6.45, 7) is 17.4. The number of nitrogens with two attached hydrogens (primary N) is 1. The van der Waals surface area contributed by atoms with Gasteiger partial charge in [0.2, 0.25) is 0 Å². The lowest BCUT2D eigenvalue weighted by atomic mass is 9.92. The Kier molecular flexibility index (Phi) is 5.05. The van der Waals surface area contributed by atoms with Crippen molar-refractivity contribution in [2.45, 2.75) is 65.1 Å². The lowest BCUT2D eigenvalue weighted by Gasteiger charge is -2.36. The molecule has 6 heteroatoms. The van der Waals surface area contributed by atoms with E-state index >= 15 is 0 Å². The summed E-state index contributed by atoms with van der Waals surface area (Å²) in [7, 11) is -1.94. The van der Waals surface area contributed by atoms with Gasteiger partial charge in [0.25, 0.3) is 8.32 Å². The average Bonchev–Trinajstić information content (AvgIpc) is 2.82. The molecule has 0 aliphatic rings. The number of hydrogen-bond acceptors (Lipinski definition) is 3. The molecular weight excluding hydrogens is 350 g/mol. The molecule has 1 aromatic carbocycles. The molecule has 0 fully saturated rings. The fourth-order valence-corrected chi connectivity index (χ4v) is 3.41. The summed E-state index contributed by atoms with van der Waals surface area (Å²) in [5.74, 6) is 1.32. The number of hydrogen-bond donors (Lipinski definition) is 1. The number of anilines is 1. The summed E-state index contributed by atoms with van der Waals surface area (Å²) in [4.78, 5) is 0. The minimum absolute atomic E-state index is 0.0610. The summed E-state index contributed by atoms with van der Waals surface area (Å²) < 4.78 is 8.05. The van der Waals surface area contributed by atoms with Crippen molar-refractivity contribution in [2.75, 3.05) is 5.73 Å². The summed E-state index contributed by atoms with van der Waals surface area (Å²) in [6.07, 6.45) is 0. The third-order valence-electron chi connectivity index (χ3n) is 4.84. The minimum atomic E-state index is -1.94. The van der Waals surface area contributed by atoms with E-state index in [2.05, 4.69) is 59.7 Å². The molecule has 0 aliphatic heterocycles. The van der Waals surface area contributed by atoms with Crippen LogP contribution < -0.4 is 10.2 Å². The van der Waals surface area contributed by atoms with Gasteiger partial charge >= 0.3 is 0 Å². The second-order valence-corrected chi connectivity index (χ2v) is 14.2. The monoisotopic (exact) mass is 379 g/mol. The van der Waals surface area contributed by atoms with E-state index in [-0.39, 0.29) is 10.5 Å². The zero-order valence-electron chi connectivity index (χ0n) is 16.6. The SMILES string of the molecule is CC(C)(C)c1cc(N)n(-c2ccc(O[Si](C)(C)C(C)(C)C)c(Cl)c2)n1. The van der Waals surface area contributed by atoms with Crippen molar-refractivity contribution in [3.63, 3.8) is 0 Å². The van der Waals surface area contributed by atoms with Crippen LogP contribution in [0.4, 0.5) is 5.82 Å². The fourth-order valence-electron chi connectivity index (χ4n) is 2.10. The fraction of sp³-hybridized carbons (Fsp3) is 0.526. The van der Waals surface area contributed by atoms with Gasteiger partial charge in [-0.3, -0.25) is 0 Å². The van der Waals surface area contributed by atoms with E-state index in [1.54, 1.807) is 4.68 Å². The van der Waals surface area contributed by atoms with Gasteiger partial charge in [-0.1, -0.05) is 53.1 Å². The number of halogens is 1. The van der Waals surface area contributed by atoms with E-state index in [9.17, 15) is 0 Å². The van der Waals surface area contributed by atoms with Gasteiger partial charge in [-0.05, 0) is 36.3 Å². The van der Waals surface area contributed by atoms with Gasteiger partial charge in [0.15, 0.2) is 0 Å². The van der Waals surface area contributed by atoms with Crippen LogP contribution in [0, 0.1) is 0 Å². The first kappa shape index (κ1) is 19.9. The van der Waals surface area contributed by atoms with Crippen LogP contribution in [0.15, 0.2) is 24.3 Å². The topological polar surface area (TPSA) is 53.1 Å². The molecule has 4 nitrogen and oxygen atoms in total. The normalized spacial score (nSPS) is 13.2. The van der Waals surface area contributed by atoms with Gasteiger partial charge in [0.05, 0.1) is 16.4 Å². The lowest BCUT2D eigenvalue weighted by Crippen LogP contribution is -2.43. The molecule has 0 aliphatic carbocycles. The maximum Gasteiger partial charge on any atom is 0.250 e. The Labute approximate surface area is 157 Å². The highest BCUT2D eigenvalue weighted by molar-refractivity contribution is 6.74. The van der Waals surface area contributed by atoms with Gasteiger partial charge in [-0.25, -0.2) is 4.68 Å². The number of nitrogen functional groups attached to an aromatic ring is 1. The minimum Gasteiger partial charge on any atom is -0.543 e. The lowest BCUT2D eigenvalue weighted by molar-refractivity contribution is 0.492. The molecule has 2 N–H and O–H groups in total. The molecule has 0 saturated carbocycles. The number of benzene rings is 1. The maximum atomic E-state index is 6.50. The molecule has 2 aromatic rings. The van der Waals surface area contributed by atoms with E-state index in [1.807, 2.05) is 24.3 Å². The summed E-state index contributed by atoms with van der Waals surface area (Å²) in [6, 6.07) is 7.63. The second kappa shape index (κ2) is 6.36. The van der Waals surface area contributed by atoms with E-state index in [4.69, 9.17) is 21.8 Å². The largest absolute Gasteiger partial charge is 0.543 e. The summed E-state index contributed by atoms with van der Waals surface area (Å²) in [5, 5.41) is 5.33. The third-order valence-corrected chi connectivity index (χ3v) is 9.47. The molecule has 0 radical (unpaired) electrons. The Morgan fingerprint density at radius 3 is 2.12 bits per heavy atom. The standard InChI is InChI=1S/C19H30ClN3OSi/c1-18(2,3)16-12-17(21)23(22-16)13-9-10-15(14(20)11-13)24-25(7,8)19(4,5)6/h9-12H,21H2,1-8H3.